The second-order valence-electron chi connectivity index (χ2n) is 6.19. The molecular weight excluding hydrogens is 456 g/mol. The first kappa shape index (κ1) is 21.5. The maximum atomic E-state index is 12.7. The first-order chi connectivity index (χ1) is 13.5. The van der Waals surface area contributed by atoms with Gasteiger partial charge in [-0.05, 0) is 31.0 Å². The summed E-state index contributed by atoms with van der Waals surface area (Å²) in [7, 11) is 0. The first-order valence-corrected chi connectivity index (χ1v) is 9.28. The molecule has 1 saturated carbocycles. The highest BCUT2D eigenvalue weighted by Gasteiger charge is 2.32. The standard InChI is InChI=1S/C17H12Cl3F3N4O2/c18-8-4-11(20)13(12(5-8)25-9-1-2-9)26-16(29)27-15(28)14-10(19)3-7(6-24-14)17(21,22)23/h3-6,9,25H,1-2H2,(H2,26,27,28,29). The number of amides is 3. The van der Waals surface area contributed by atoms with E-state index in [1.807, 2.05) is 5.32 Å². The number of alkyl halides is 3. The van der Waals surface area contributed by atoms with Gasteiger partial charge in [0.2, 0.25) is 0 Å². The predicted molar refractivity (Wildman–Crippen MR) is 104 cm³/mol. The number of nitrogens with zero attached hydrogens (tertiary/aromatic N) is 1. The summed E-state index contributed by atoms with van der Waals surface area (Å²) in [5, 5.41) is 7.45. The molecule has 1 heterocycles. The average Bonchev–Trinajstić information content (AvgIpc) is 3.41. The second kappa shape index (κ2) is 8.25. The number of nitrogens with one attached hydrogen (secondary N) is 3. The zero-order valence-electron chi connectivity index (χ0n) is 14.3. The van der Waals surface area contributed by atoms with Gasteiger partial charge in [0.25, 0.3) is 5.91 Å². The SMILES string of the molecule is O=C(NC(=O)c1ncc(C(F)(F)F)cc1Cl)Nc1c(Cl)cc(Cl)cc1NC1CC1. The minimum Gasteiger partial charge on any atom is -0.381 e. The summed E-state index contributed by atoms with van der Waals surface area (Å²) in [5.41, 5.74) is -0.987. The van der Waals surface area contributed by atoms with Crippen molar-refractivity contribution >= 4 is 58.1 Å². The molecule has 3 rings (SSSR count). The molecule has 12 heteroatoms. The Morgan fingerprint density at radius 3 is 2.34 bits per heavy atom. The third kappa shape index (κ3) is 5.43. The van der Waals surface area contributed by atoms with E-state index in [1.165, 1.54) is 6.07 Å². The highest BCUT2D eigenvalue weighted by atomic mass is 35.5. The van der Waals surface area contributed by atoms with Crippen LogP contribution in [0, 0.1) is 0 Å². The van der Waals surface area contributed by atoms with E-state index in [0.29, 0.717) is 23.0 Å². The molecule has 1 fully saturated rings. The Hall–Kier alpha value is -2.23. The molecule has 29 heavy (non-hydrogen) atoms. The highest BCUT2D eigenvalue weighted by molar-refractivity contribution is 6.38. The van der Waals surface area contributed by atoms with Crippen molar-refractivity contribution in [3.63, 3.8) is 0 Å². The summed E-state index contributed by atoms with van der Waals surface area (Å²) in [6.45, 7) is 0. The number of aromatic nitrogens is 1. The zero-order chi connectivity index (χ0) is 21.3. The van der Waals surface area contributed by atoms with Crippen molar-refractivity contribution in [2.75, 3.05) is 10.6 Å². The third-order valence-corrected chi connectivity index (χ3v) is 4.65. The molecule has 3 amide bonds. The smallest absolute Gasteiger partial charge is 0.381 e. The summed E-state index contributed by atoms with van der Waals surface area (Å²) in [5.74, 6) is -1.08. The maximum Gasteiger partial charge on any atom is 0.417 e. The normalized spacial score (nSPS) is 13.7. The van der Waals surface area contributed by atoms with Gasteiger partial charge < -0.3 is 10.6 Å². The van der Waals surface area contributed by atoms with Gasteiger partial charge in [-0.3, -0.25) is 10.1 Å². The molecule has 1 aromatic heterocycles. The number of hydrogen-bond acceptors (Lipinski definition) is 4. The third-order valence-electron chi connectivity index (χ3n) is 3.84. The number of rotatable bonds is 4. The molecule has 0 spiro atoms. The summed E-state index contributed by atoms with van der Waals surface area (Å²) in [4.78, 5) is 27.8. The minimum absolute atomic E-state index is 0.133. The van der Waals surface area contributed by atoms with E-state index in [0.717, 1.165) is 12.8 Å². The molecule has 1 aliphatic carbocycles. The number of urea groups is 1. The lowest BCUT2D eigenvalue weighted by Crippen LogP contribution is -2.35. The van der Waals surface area contributed by atoms with Crippen molar-refractivity contribution in [2.45, 2.75) is 25.1 Å². The number of imide groups is 1. The Morgan fingerprint density at radius 2 is 1.76 bits per heavy atom. The Balaban J connectivity index is 1.73. The molecule has 6 nitrogen and oxygen atoms in total. The van der Waals surface area contributed by atoms with E-state index < -0.39 is 34.4 Å². The lowest BCUT2D eigenvalue weighted by atomic mass is 10.2. The van der Waals surface area contributed by atoms with Gasteiger partial charge in [0.05, 0.1) is 27.0 Å². The average molecular weight is 468 g/mol. The largest absolute Gasteiger partial charge is 0.417 e. The van der Waals surface area contributed by atoms with Crippen LogP contribution in [0.4, 0.5) is 29.3 Å². The van der Waals surface area contributed by atoms with Crippen LogP contribution >= 0.6 is 34.8 Å². The van der Waals surface area contributed by atoms with Gasteiger partial charge in [0, 0.05) is 17.3 Å². The number of halogens is 6. The molecule has 0 aliphatic heterocycles. The molecule has 0 saturated heterocycles. The van der Waals surface area contributed by atoms with Crippen LogP contribution in [0.3, 0.4) is 0 Å². The summed E-state index contributed by atoms with van der Waals surface area (Å²) >= 11 is 17.8. The fourth-order valence-corrected chi connectivity index (χ4v) is 3.12. The Bertz CT molecular complexity index is 981. The van der Waals surface area contributed by atoms with Crippen molar-refractivity contribution < 1.29 is 22.8 Å². The van der Waals surface area contributed by atoms with Crippen molar-refractivity contribution in [3.8, 4) is 0 Å². The van der Waals surface area contributed by atoms with Gasteiger partial charge in [0.15, 0.2) is 0 Å². The molecule has 2 aromatic rings. The van der Waals surface area contributed by atoms with Crippen LogP contribution in [0.5, 0.6) is 0 Å². The van der Waals surface area contributed by atoms with Gasteiger partial charge in [-0.15, -0.1) is 0 Å². The van der Waals surface area contributed by atoms with Crippen LogP contribution in [0.1, 0.15) is 28.9 Å². The van der Waals surface area contributed by atoms with Crippen molar-refractivity contribution in [1.82, 2.24) is 10.3 Å². The lowest BCUT2D eigenvalue weighted by molar-refractivity contribution is -0.137. The number of pyridine rings is 1. The fraction of sp³-hybridized carbons (Fsp3) is 0.235. The molecule has 1 aromatic carbocycles. The van der Waals surface area contributed by atoms with Gasteiger partial charge in [-0.2, -0.15) is 13.2 Å². The Kier molecular flexibility index (Phi) is 6.11. The van der Waals surface area contributed by atoms with Gasteiger partial charge >= 0.3 is 12.2 Å². The van der Waals surface area contributed by atoms with Crippen LogP contribution in [-0.2, 0) is 6.18 Å². The van der Waals surface area contributed by atoms with Crippen LogP contribution < -0.4 is 16.0 Å². The van der Waals surface area contributed by atoms with Gasteiger partial charge in [-0.25, -0.2) is 9.78 Å². The molecule has 0 atom stereocenters. The number of anilines is 2. The van der Waals surface area contributed by atoms with Crippen LogP contribution in [0.2, 0.25) is 15.1 Å². The van der Waals surface area contributed by atoms with E-state index in [1.54, 1.807) is 6.07 Å². The first-order valence-electron chi connectivity index (χ1n) is 8.15. The quantitative estimate of drug-likeness (QED) is 0.547. The molecule has 1 aliphatic rings. The zero-order valence-corrected chi connectivity index (χ0v) is 16.6. The lowest BCUT2D eigenvalue weighted by Gasteiger charge is -2.15. The van der Waals surface area contributed by atoms with E-state index >= 15 is 0 Å². The van der Waals surface area contributed by atoms with Gasteiger partial charge in [0.1, 0.15) is 5.69 Å². The van der Waals surface area contributed by atoms with Gasteiger partial charge in [-0.1, -0.05) is 34.8 Å². The summed E-state index contributed by atoms with van der Waals surface area (Å²) in [6.07, 6.45) is -2.32. The van der Waals surface area contributed by atoms with Crippen LogP contribution in [-0.4, -0.2) is 23.0 Å². The maximum absolute atomic E-state index is 12.7. The van der Waals surface area contributed by atoms with E-state index in [2.05, 4.69) is 15.6 Å². The minimum atomic E-state index is -4.67. The predicted octanol–water partition coefficient (Wildman–Crippen LogP) is 5.60. The van der Waals surface area contributed by atoms with Crippen LogP contribution in [0.25, 0.3) is 0 Å². The van der Waals surface area contributed by atoms with Crippen LogP contribution in [0.15, 0.2) is 24.4 Å². The van der Waals surface area contributed by atoms with E-state index in [-0.39, 0.29) is 16.8 Å². The van der Waals surface area contributed by atoms with Crippen molar-refractivity contribution in [1.29, 1.82) is 0 Å². The van der Waals surface area contributed by atoms with Crippen molar-refractivity contribution in [2.24, 2.45) is 0 Å². The topological polar surface area (TPSA) is 83.1 Å². The number of carbonyl (C=O) groups excluding carboxylic acids is 2. The monoisotopic (exact) mass is 466 g/mol. The van der Waals surface area contributed by atoms with E-state index in [9.17, 15) is 22.8 Å². The Morgan fingerprint density at radius 1 is 1.07 bits per heavy atom. The molecule has 154 valence electrons. The molecule has 0 radical (unpaired) electrons. The molecular formula is C17H12Cl3F3N4O2. The molecule has 0 bridgehead atoms. The highest BCUT2D eigenvalue weighted by Crippen LogP contribution is 2.37. The van der Waals surface area contributed by atoms with E-state index in [4.69, 9.17) is 34.8 Å². The number of benzene rings is 1. The number of carbonyl (C=O) groups is 2. The molecule has 3 N–H and O–H groups in total. The Labute approximate surface area is 177 Å². The molecule has 0 unspecified atom stereocenters. The summed E-state index contributed by atoms with van der Waals surface area (Å²) < 4.78 is 38.0. The fourth-order valence-electron chi connectivity index (χ4n) is 2.33. The number of hydrogen-bond donors (Lipinski definition) is 3. The second-order valence-corrected chi connectivity index (χ2v) is 7.44. The summed E-state index contributed by atoms with van der Waals surface area (Å²) in [6, 6.07) is 2.78. The van der Waals surface area contributed by atoms with Crippen molar-refractivity contribution in [3.05, 3.63) is 50.7 Å².